The van der Waals surface area contributed by atoms with Crippen LogP contribution in [0.5, 0.6) is 0 Å². The van der Waals surface area contributed by atoms with Crippen LogP contribution in [0.4, 0.5) is 0 Å². The van der Waals surface area contributed by atoms with E-state index < -0.39 is 23.0 Å². The maximum atomic E-state index is 12.7. The number of primary amides is 1. The lowest BCUT2D eigenvalue weighted by Gasteiger charge is -2.41. The van der Waals surface area contributed by atoms with Crippen molar-refractivity contribution < 1.29 is 19.5 Å². The summed E-state index contributed by atoms with van der Waals surface area (Å²) >= 11 is 0. The van der Waals surface area contributed by atoms with Crippen LogP contribution in [0.1, 0.15) is 49.8 Å². The second kappa shape index (κ2) is 9.66. The summed E-state index contributed by atoms with van der Waals surface area (Å²) in [5.74, 6) is -1.29. The van der Waals surface area contributed by atoms with Gasteiger partial charge in [0.2, 0.25) is 11.8 Å². The van der Waals surface area contributed by atoms with Crippen molar-refractivity contribution in [1.82, 2.24) is 10.5 Å². The minimum Gasteiger partial charge on any atom is -0.369 e. The number of nitrogens with two attached hydrogens (primary N) is 2. The zero-order valence-corrected chi connectivity index (χ0v) is 19.4. The van der Waals surface area contributed by atoms with Crippen LogP contribution in [-0.2, 0) is 20.9 Å². The van der Waals surface area contributed by atoms with E-state index in [1.165, 1.54) is 0 Å². The summed E-state index contributed by atoms with van der Waals surface area (Å²) in [5, 5.41) is 10.1. The number of aromatic nitrogens is 1. The van der Waals surface area contributed by atoms with E-state index >= 15 is 0 Å². The normalized spacial score (nSPS) is 25.2. The number of ether oxygens (including phenoxy) is 1. The highest BCUT2D eigenvalue weighted by atomic mass is 16.5. The first-order valence-electron chi connectivity index (χ1n) is 11.7. The van der Waals surface area contributed by atoms with E-state index in [2.05, 4.69) is 4.98 Å². The van der Waals surface area contributed by atoms with Gasteiger partial charge in [0.05, 0.1) is 24.0 Å². The van der Waals surface area contributed by atoms with Gasteiger partial charge in [-0.25, -0.2) is 5.48 Å². The van der Waals surface area contributed by atoms with Gasteiger partial charge in [-0.3, -0.25) is 25.5 Å². The van der Waals surface area contributed by atoms with E-state index in [0.29, 0.717) is 5.57 Å². The predicted molar refractivity (Wildman–Crippen MR) is 128 cm³/mol. The number of aryl methyl sites for hydroxylation is 1. The van der Waals surface area contributed by atoms with Crippen molar-refractivity contribution in [3.8, 4) is 0 Å². The number of nitrogens with zero attached hydrogens (tertiary/aromatic N) is 1. The predicted octanol–water partition coefficient (Wildman–Crippen LogP) is 3.16. The number of fused-ring (bicyclic) bond motifs is 1. The van der Waals surface area contributed by atoms with Crippen molar-refractivity contribution in [2.45, 2.75) is 57.8 Å². The monoisotopic (exact) mass is 464 g/mol. The third-order valence-electron chi connectivity index (χ3n) is 6.98. The molecule has 180 valence electrons. The molecule has 1 saturated carbocycles. The van der Waals surface area contributed by atoms with Crippen LogP contribution < -0.4 is 16.9 Å². The Morgan fingerprint density at radius 3 is 2.65 bits per heavy atom. The SMILES string of the molecule is Cc1cc(COC2(N)C=CC(CC(=O)NO)(C(N)=O)C(C3CCCCC3)=C2)c2ccccc2n1. The molecule has 1 aromatic heterocycles. The maximum Gasteiger partial charge on any atom is 0.245 e. The lowest BCUT2D eigenvalue weighted by atomic mass is 9.64. The second-order valence-electron chi connectivity index (χ2n) is 9.40. The Kier molecular flexibility index (Phi) is 6.84. The van der Waals surface area contributed by atoms with Crippen molar-refractivity contribution in [1.29, 1.82) is 0 Å². The Morgan fingerprint density at radius 1 is 1.21 bits per heavy atom. The van der Waals surface area contributed by atoms with Gasteiger partial charge in [0, 0.05) is 11.1 Å². The fourth-order valence-corrected chi connectivity index (χ4v) is 5.26. The lowest BCUT2D eigenvalue weighted by Crippen LogP contribution is -2.49. The zero-order valence-electron chi connectivity index (χ0n) is 19.4. The third-order valence-corrected chi connectivity index (χ3v) is 6.98. The topological polar surface area (TPSA) is 141 Å². The molecule has 0 bridgehead atoms. The third kappa shape index (κ3) is 4.75. The van der Waals surface area contributed by atoms with Gasteiger partial charge >= 0.3 is 0 Å². The molecule has 4 rings (SSSR count). The molecule has 0 radical (unpaired) electrons. The smallest absolute Gasteiger partial charge is 0.245 e. The second-order valence-corrected chi connectivity index (χ2v) is 9.40. The number of amides is 2. The van der Waals surface area contributed by atoms with Gasteiger partial charge in [0.15, 0.2) is 5.72 Å². The molecule has 34 heavy (non-hydrogen) atoms. The summed E-state index contributed by atoms with van der Waals surface area (Å²) in [6, 6.07) is 9.83. The summed E-state index contributed by atoms with van der Waals surface area (Å²) < 4.78 is 6.23. The van der Waals surface area contributed by atoms with Crippen molar-refractivity contribution in [2.24, 2.45) is 22.8 Å². The molecule has 2 aliphatic carbocycles. The summed E-state index contributed by atoms with van der Waals surface area (Å²) in [4.78, 5) is 29.5. The molecule has 8 nitrogen and oxygen atoms in total. The van der Waals surface area contributed by atoms with E-state index in [9.17, 15) is 9.59 Å². The fourth-order valence-electron chi connectivity index (χ4n) is 5.26. The Hall–Kier alpha value is -3.07. The molecule has 1 aromatic carbocycles. The highest BCUT2D eigenvalue weighted by Crippen LogP contribution is 2.46. The van der Waals surface area contributed by atoms with Crippen molar-refractivity contribution >= 4 is 22.7 Å². The van der Waals surface area contributed by atoms with Gasteiger partial charge in [0.25, 0.3) is 0 Å². The largest absolute Gasteiger partial charge is 0.369 e. The summed E-state index contributed by atoms with van der Waals surface area (Å²) in [5.41, 5.74) is 14.9. The molecule has 1 heterocycles. The average molecular weight is 465 g/mol. The lowest BCUT2D eigenvalue weighted by molar-refractivity contribution is -0.135. The molecule has 2 aromatic rings. The highest BCUT2D eigenvalue weighted by Gasteiger charge is 2.47. The van der Waals surface area contributed by atoms with Crippen molar-refractivity contribution in [3.63, 3.8) is 0 Å². The number of hydroxylamine groups is 1. The van der Waals surface area contributed by atoms with E-state index in [4.69, 9.17) is 21.4 Å². The Labute approximate surface area is 199 Å². The van der Waals surface area contributed by atoms with E-state index in [0.717, 1.165) is 54.3 Å². The molecular formula is C26H32N4O4. The number of hydrogen-bond donors (Lipinski definition) is 4. The molecule has 2 unspecified atom stereocenters. The van der Waals surface area contributed by atoms with Crippen LogP contribution in [0.15, 0.2) is 54.1 Å². The van der Waals surface area contributed by atoms with Gasteiger partial charge in [-0.1, -0.05) is 43.5 Å². The molecule has 2 atom stereocenters. The Balaban J connectivity index is 1.69. The number of pyridine rings is 1. The summed E-state index contributed by atoms with van der Waals surface area (Å²) in [6.07, 6.45) is 9.56. The van der Waals surface area contributed by atoms with Crippen LogP contribution in [0.2, 0.25) is 0 Å². The molecule has 2 amide bonds. The number of hydrogen-bond acceptors (Lipinski definition) is 6. The van der Waals surface area contributed by atoms with Crippen molar-refractivity contribution in [3.05, 3.63) is 65.4 Å². The molecule has 2 aliphatic rings. The molecule has 0 spiro atoms. The number of para-hydroxylation sites is 1. The summed E-state index contributed by atoms with van der Waals surface area (Å²) in [6.45, 7) is 2.17. The number of rotatable bonds is 7. The van der Waals surface area contributed by atoms with Crippen LogP contribution >= 0.6 is 0 Å². The molecule has 6 N–H and O–H groups in total. The Bertz CT molecular complexity index is 1150. The van der Waals surface area contributed by atoms with E-state index in [-0.39, 0.29) is 18.9 Å². The zero-order chi connectivity index (χ0) is 24.3. The first kappa shape index (κ1) is 24.1. The minimum atomic E-state index is -1.36. The molecule has 8 heteroatoms. The number of nitrogens with one attached hydrogen (secondary N) is 1. The summed E-state index contributed by atoms with van der Waals surface area (Å²) in [7, 11) is 0. The first-order valence-corrected chi connectivity index (χ1v) is 11.7. The molecule has 0 saturated heterocycles. The van der Waals surface area contributed by atoms with E-state index in [1.54, 1.807) is 23.7 Å². The van der Waals surface area contributed by atoms with Gasteiger partial charge in [-0.05, 0) is 61.1 Å². The van der Waals surface area contributed by atoms with Crippen LogP contribution in [0.25, 0.3) is 10.9 Å². The quantitative estimate of drug-likeness (QED) is 0.215. The van der Waals surface area contributed by atoms with Crippen LogP contribution in [0.3, 0.4) is 0 Å². The van der Waals surface area contributed by atoms with Gasteiger partial charge in [0.1, 0.15) is 0 Å². The van der Waals surface area contributed by atoms with E-state index in [1.807, 2.05) is 37.3 Å². The van der Waals surface area contributed by atoms with Crippen LogP contribution in [-0.4, -0.2) is 27.7 Å². The van der Waals surface area contributed by atoms with Crippen LogP contribution in [0, 0.1) is 18.3 Å². The molecule has 0 aliphatic heterocycles. The standard InChI is InChI=1S/C26H32N4O4/c1-17-13-19(20-9-5-6-10-22(20)29-17)16-34-26(28)12-11-25(24(27)32,15-23(31)30-33)21(14-26)18-7-3-2-4-8-18/h5-6,9-14,18,33H,2-4,7-8,15-16,28H2,1H3,(H2,27,32)(H,30,31). The number of benzene rings is 1. The number of carbonyl (C=O) groups excluding carboxylic acids is 2. The number of carbonyl (C=O) groups is 2. The Morgan fingerprint density at radius 2 is 1.94 bits per heavy atom. The first-order chi connectivity index (χ1) is 16.3. The highest BCUT2D eigenvalue weighted by molar-refractivity contribution is 5.93. The maximum absolute atomic E-state index is 12.7. The minimum absolute atomic E-state index is 0.0493. The molecular weight excluding hydrogens is 432 g/mol. The van der Waals surface area contributed by atoms with Crippen molar-refractivity contribution in [2.75, 3.05) is 0 Å². The molecule has 1 fully saturated rings. The van der Waals surface area contributed by atoms with Gasteiger partial charge in [-0.15, -0.1) is 0 Å². The van der Waals surface area contributed by atoms with Gasteiger partial charge < -0.3 is 10.5 Å². The fraction of sp³-hybridized carbons (Fsp3) is 0.423. The average Bonchev–Trinajstić information content (AvgIpc) is 2.84. The van der Waals surface area contributed by atoms with Gasteiger partial charge in [-0.2, -0.15) is 0 Å².